The smallest absolute Gasteiger partial charge is 0.224 e. The van der Waals surface area contributed by atoms with Crippen molar-refractivity contribution in [1.82, 2.24) is 19.8 Å². The van der Waals surface area contributed by atoms with Crippen molar-refractivity contribution in [2.75, 3.05) is 56.9 Å². The molecule has 222 valence electrons. The third-order valence-corrected chi connectivity index (χ3v) is 8.72. The van der Waals surface area contributed by atoms with Crippen LogP contribution in [0.2, 0.25) is 0 Å². The molecular formula is C36H42N6O. The number of carbonyl (C=O) groups is 1. The third kappa shape index (κ3) is 7.48. The number of rotatable bonds is 11. The number of likely N-dealkylation sites (N-methyl/N-ethyl adjacent to an activating group) is 1. The fourth-order valence-electron chi connectivity index (χ4n) is 6.21. The maximum Gasteiger partial charge on any atom is 0.224 e. The van der Waals surface area contributed by atoms with Gasteiger partial charge in [0.15, 0.2) is 0 Å². The normalized spacial score (nSPS) is 16.7. The molecule has 1 amide bonds. The van der Waals surface area contributed by atoms with Gasteiger partial charge in [0, 0.05) is 62.5 Å². The van der Waals surface area contributed by atoms with E-state index in [4.69, 9.17) is 4.98 Å². The van der Waals surface area contributed by atoms with Crippen molar-refractivity contribution in [1.29, 1.82) is 0 Å². The summed E-state index contributed by atoms with van der Waals surface area (Å²) in [6.45, 7) is 6.57. The maximum absolute atomic E-state index is 12.6. The number of amides is 1. The van der Waals surface area contributed by atoms with Gasteiger partial charge in [-0.1, -0.05) is 66.7 Å². The number of benzene rings is 3. The lowest BCUT2D eigenvalue weighted by Gasteiger charge is -2.32. The lowest BCUT2D eigenvalue weighted by atomic mass is 9.78. The average molecular weight is 575 g/mol. The molecule has 0 bridgehead atoms. The lowest BCUT2D eigenvalue weighted by Crippen LogP contribution is -2.44. The van der Waals surface area contributed by atoms with Crippen LogP contribution in [0.15, 0.2) is 85.1 Å². The van der Waals surface area contributed by atoms with Gasteiger partial charge in [0.2, 0.25) is 11.9 Å². The van der Waals surface area contributed by atoms with Crippen molar-refractivity contribution in [3.05, 3.63) is 107 Å². The summed E-state index contributed by atoms with van der Waals surface area (Å²) in [5, 5.41) is 6.54. The first kappa shape index (κ1) is 29.0. The first-order valence-electron chi connectivity index (χ1n) is 15.7. The van der Waals surface area contributed by atoms with Gasteiger partial charge in [-0.05, 0) is 73.7 Å². The van der Waals surface area contributed by atoms with Crippen molar-refractivity contribution in [2.45, 2.75) is 38.0 Å². The van der Waals surface area contributed by atoms with Crippen molar-refractivity contribution >= 4 is 17.5 Å². The lowest BCUT2D eigenvalue weighted by molar-refractivity contribution is -0.116. The Kier molecular flexibility index (Phi) is 9.40. The van der Waals surface area contributed by atoms with E-state index in [1.807, 2.05) is 36.5 Å². The van der Waals surface area contributed by atoms with E-state index in [0.29, 0.717) is 12.4 Å². The van der Waals surface area contributed by atoms with E-state index in [2.05, 4.69) is 81.0 Å². The van der Waals surface area contributed by atoms with Crippen molar-refractivity contribution in [3.63, 3.8) is 0 Å². The van der Waals surface area contributed by atoms with Crippen LogP contribution in [0.5, 0.6) is 0 Å². The monoisotopic (exact) mass is 574 g/mol. The largest absolute Gasteiger partial charge is 0.354 e. The highest BCUT2D eigenvalue weighted by Crippen LogP contribution is 2.42. The number of aromatic nitrogens is 2. The minimum absolute atomic E-state index is 0.0570. The molecule has 2 heterocycles. The molecule has 7 nitrogen and oxygen atoms in total. The van der Waals surface area contributed by atoms with E-state index in [0.717, 1.165) is 76.3 Å². The number of carbonyl (C=O) groups excluding carboxylic acids is 1. The van der Waals surface area contributed by atoms with Crippen molar-refractivity contribution in [2.24, 2.45) is 0 Å². The van der Waals surface area contributed by atoms with Crippen LogP contribution in [0.3, 0.4) is 0 Å². The van der Waals surface area contributed by atoms with E-state index in [9.17, 15) is 4.79 Å². The maximum atomic E-state index is 12.6. The molecule has 1 fully saturated rings. The molecule has 2 aliphatic rings. The zero-order chi connectivity index (χ0) is 29.4. The molecule has 2 N–H and O–H groups in total. The van der Waals surface area contributed by atoms with Gasteiger partial charge < -0.3 is 20.4 Å². The van der Waals surface area contributed by atoms with E-state index in [1.54, 1.807) is 0 Å². The molecule has 6 rings (SSSR count). The van der Waals surface area contributed by atoms with Crippen LogP contribution >= 0.6 is 0 Å². The Morgan fingerprint density at radius 3 is 2.49 bits per heavy atom. The standard InChI is InChI=1S/C36H42N6O/c1-41-21-23-42(24-22-41)20-8-19-37-36-38-26-29-25-33(31-12-5-6-13-32(31)35(29)40-36)28-15-17-30(18-16-28)39-34(43)14-7-11-27-9-3-2-4-10-27/h2-6,9-10,12-13,15-18,26,33H,7-8,11,14,19-25H2,1H3,(H,39,43)(H,37,38,40). The van der Waals surface area contributed by atoms with E-state index in [-0.39, 0.29) is 11.8 Å². The molecule has 1 saturated heterocycles. The van der Waals surface area contributed by atoms with Gasteiger partial charge >= 0.3 is 0 Å². The van der Waals surface area contributed by atoms with Crippen molar-refractivity contribution in [3.8, 4) is 11.3 Å². The summed E-state index contributed by atoms with van der Waals surface area (Å²) >= 11 is 0. The summed E-state index contributed by atoms with van der Waals surface area (Å²) in [5.74, 6) is 0.973. The van der Waals surface area contributed by atoms with Crippen LogP contribution in [-0.4, -0.2) is 72.0 Å². The highest BCUT2D eigenvalue weighted by molar-refractivity contribution is 5.90. The number of fused-ring (bicyclic) bond motifs is 3. The minimum atomic E-state index is 0.0570. The molecule has 1 unspecified atom stereocenters. The molecule has 3 aromatic carbocycles. The topological polar surface area (TPSA) is 73.4 Å². The first-order chi connectivity index (χ1) is 21.1. The second-order valence-electron chi connectivity index (χ2n) is 11.8. The summed E-state index contributed by atoms with van der Waals surface area (Å²) in [7, 11) is 2.19. The van der Waals surface area contributed by atoms with Gasteiger partial charge in [0.1, 0.15) is 0 Å². The average Bonchev–Trinajstić information content (AvgIpc) is 3.04. The van der Waals surface area contributed by atoms with E-state index < -0.39 is 0 Å². The molecule has 1 aromatic heterocycles. The highest BCUT2D eigenvalue weighted by Gasteiger charge is 2.27. The summed E-state index contributed by atoms with van der Waals surface area (Å²) < 4.78 is 0. The Balaban J connectivity index is 1.06. The Morgan fingerprint density at radius 2 is 1.67 bits per heavy atom. The van der Waals surface area contributed by atoms with Gasteiger partial charge in [0.05, 0.1) is 5.69 Å². The van der Waals surface area contributed by atoms with Crippen LogP contribution in [0.25, 0.3) is 11.3 Å². The molecule has 1 aliphatic heterocycles. The van der Waals surface area contributed by atoms with Crippen LogP contribution < -0.4 is 10.6 Å². The Hall–Kier alpha value is -4.07. The second kappa shape index (κ2) is 13.9. The van der Waals surface area contributed by atoms with Crippen LogP contribution in [0.4, 0.5) is 11.6 Å². The van der Waals surface area contributed by atoms with Gasteiger partial charge in [-0.2, -0.15) is 0 Å². The first-order valence-corrected chi connectivity index (χ1v) is 15.7. The summed E-state index contributed by atoms with van der Waals surface area (Å²) in [6.07, 6.45) is 6.18. The summed E-state index contributed by atoms with van der Waals surface area (Å²) in [5.41, 5.74) is 7.99. The van der Waals surface area contributed by atoms with Crippen LogP contribution in [0.1, 0.15) is 47.4 Å². The molecule has 7 heteroatoms. The number of hydrogen-bond acceptors (Lipinski definition) is 6. The summed E-state index contributed by atoms with van der Waals surface area (Å²) in [6, 6.07) is 27.2. The van der Waals surface area contributed by atoms with Crippen LogP contribution in [0, 0.1) is 0 Å². The molecule has 1 atom stereocenters. The number of aryl methyl sites for hydroxylation is 1. The van der Waals surface area contributed by atoms with E-state index >= 15 is 0 Å². The Morgan fingerprint density at radius 1 is 0.907 bits per heavy atom. The predicted octanol–water partition coefficient (Wildman–Crippen LogP) is 5.84. The predicted molar refractivity (Wildman–Crippen MR) is 175 cm³/mol. The molecule has 0 spiro atoms. The van der Waals surface area contributed by atoms with Gasteiger partial charge in [0.25, 0.3) is 0 Å². The van der Waals surface area contributed by atoms with Gasteiger partial charge in [-0.3, -0.25) is 4.79 Å². The quantitative estimate of drug-likeness (QED) is 0.219. The minimum Gasteiger partial charge on any atom is -0.354 e. The number of nitrogens with one attached hydrogen (secondary N) is 2. The van der Waals surface area contributed by atoms with Crippen molar-refractivity contribution < 1.29 is 4.79 Å². The van der Waals surface area contributed by atoms with Gasteiger partial charge in [-0.25, -0.2) is 9.97 Å². The number of piperazine rings is 1. The number of anilines is 2. The molecule has 0 radical (unpaired) electrons. The number of hydrogen-bond donors (Lipinski definition) is 2. The second-order valence-corrected chi connectivity index (χ2v) is 11.8. The molecule has 0 saturated carbocycles. The Labute approximate surface area is 255 Å². The molecular weight excluding hydrogens is 532 g/mol. The summed E-state index contributed by atoms with van der Waals surface area (Å²) in [4.78, 5) is 27.1. The van der Waals surface area contributed by atoms with Gasteiger partial charge in [-0.15, -0.1) is 0 Å². The molecule has 1 aliphatic carbocycles. The zero-order valence-corrected chi connectivity index (χ0v) is 25.1. The molecule has 43 heavy (non-hydrogen) atoms. The van der Waals surface area contributed by atoms with E-state index in [1.165, 1.54) is 27.8 Å². The fraction of sp³-hybridized carbons (Fsp3) is 0.361. The number of nitrogens with zero attached hydrogens (tertiary/aromatic N) is 4. The third-order valence-electron chi connectivity index (χ3n) is 8.72. The highest BCUT2D eigenvalue weighted by atomic mass is 16.1. The molecule has 4 aromatic rings. The fourth-order valence-corrected chi connectivity index (χ4v) is 6.21. The SMILES string of the molecule is CN1CCN(CCCNc2ncc3c(n2)-c2ccccc2C(c2ccc(NC(=O)CCCc4ccccc4)cc2)C3)CC1. The van der Waals surface area contributed by atoms with Crippen LogP contribution in [-0.2, 0) is 17.6 Å². The Bertz CT molecular complexity index is 1500. The zero-order valence-electron chi connectivity index (χ0n) is 25.1.